The van der Waals surface area contributed by atoms with E-state index in [2.05, 4.69) is 31.2 Å². The van der Waals surface area contributed by atoms with E-state index in [1.54, 1.807) is 0 Å². The van der Waals surface area contributed by atoms with Crippen LogP contribution in [0, 0.1) is 0 Å². The molecule has 0 aromatic heterocycles. The number of carbonyl (C=O) groups is 1. The molecule has 1 fully saturated rings. The fourth-order valence-electron chi connectivity index (χ4n) is 3.82. The summed E-state index contributed by atoms with van der Waals surface area (Å²) in [5, 5.41) is 0. The van der Waals surface area contributed by atoms with Crippen LogP contribution in [0.3, 0.4) is 0 Å². The Morgan fingerprint density at radius 1 is 1.11 bits per heavy atom. The Morgan fingerprint density at radius 2 is 1.93 bits per heavy atom. The van der Waals surface area contributed by atoms with Crippen LogP contribution in [0.4, 0.5) is 0 Å². The zero-order valence-electron chi connectivity index (χ0n) is 16.3. The highest BCUT2D eigenvalue weighted by molar-refractivity contribution is 5.81. The van der Waals surface area contributed by atoms with Crippen LogP contribution in [0.25, 0.3) is 0 Å². The van der Waals surface area contributed by atoms with Crippen molar-refractivity contribution in [3.8, 4) is 11.5 Å². The Morgan fingerprint density at radius 3 is 2.71 bits per heavy atom. The lowest BCUT2D eigenvalue weighted by Crippen LogP contribution is -2.44. The van der Waals surface area contributed by atoms with Crippen LogP contribution in [0.15, 0.2) is 48.5 Å². The molecule has 2 aromatic carbocycles. The number of aryl methyl sites for hydroxylation is 1. The Labute approximate surface area is 166 Å². The summed E-state index contributed by atoms with van der Waals surface area (Å²) in [6.45, 7) is 3.60. The van der Waals surface area contributed by atoms with Crippen LogP contribution in [0.1, 0.15) is 37.3 Å². The van der Waals surface area contributed by atoms with Gasteiger partial charge in [-0.3, -0.25) is 4.79 Å². The van der Waals surface area contributed by atoms with Gasteiger partial charge in [0.25, 0.3) is 5.91 Å². The lowest BCUT2D eigenvalue weighted by Gasteiger charge is -2.31. The van der Waals surface area contributed by atoms with Crippen LogP contribution in [0.5, 0.6) is 11.5 Å². The summed E-state index contributed by atoms with van der Waals surface area (Å²) in [6, 6.07) is 16.4. The highest BCUT2D eigenvalue weighted by Gasteiger charge is 2.31. The van der Waals surface area contributed by atoms with Crippen molar-refractivity contribution >= 4 is 5.91 Å². The molecular weight excluding hydrogens is 354 g/mol. The van der Waals surface area contributed by atoms with Gasteiger partial charge in [0.2, 0.25) is 6.79 Å². The molecule has 0 bridgehead atoms. The number of nitrogens with zero attached hydrogens (tertiary/aromatic N) is 1. The first-order valence-corrected chi connectivity index (χ1v) is 10.1. The van der Waals surface area contributed by atoms with Crippen LogP contribution in [-0.2, 0) is 22.5 Å². The van der Waals surface area contributed by atoms with Gasteiger partial charge in [0.05, 0.1) is 0 Å². The molecule has 1 saturated heterocycles. The van der Waals surface area contributed by atoms with Crippen LogP contribution in [-0.4, -0.2) is 36.4 Å². The standard InChI is InChI=1S/C23H27NO4/c1-17(9-10-18-6-3-2-4-7-18)24(23(25)21-8-5-13-26-21)15-19-11-12-20-22(14-19)28-16-27-20/h2-4,6-7,11-12,14,17,21H,5,8-10,13,15-16H2,1H3/t17-,21-/m0/s1. The highest BCUT2D eigenvalue weighted by atomic mass is 16.7. The maximum absolute atomic E-state index is 13.2. The first-order valence-electron chi connectivity index (χ1n) is 10.1. The minimum Gasteiger partial charge on any atom is -0.454 e. The maximum Gasteiger partial charge on any atom is 0.252 e. The number of rotatable bonds is 7. The van der Waals surface area contributed by atoms with Gasteiger partial charge in [0.1, 0.15) is 6.10 Å². The molecule has 2 aromatic rings. The quantitative estimate of drug-likeness (QED) is 0.729. The zero-order chi connectivity index (χ0) is 19.3. The molecule has 5 nitrogen and oxygen atoms in total. The van der Waals surface area contributed by atoms with Crippen molar-refractivity contribution < 1.29 is 19.0 Å². The van der Waals surface area contributed by atoms with Crippen molar-refractivity contribution in [2.75, 3.05) is 13.4 Å². The third kappa shape index (κ3) is 4.30. The minimum absolute atomic E-state index is 0.0933. The summed E-state index contributed by atoms with van der Waals surface area (Å²) in [4.78, 5) is 15.2. The number of fused-ring (bicyclic) bond motifs is 1. The van der Waals surface area contributed by atoms with Gasteiger partial charge in [-0.05, 0) is 55.9 Å². The Balaban J connectivity index is 1.48. The molecule has 0 radical (unpaired) electrons. The van der Waals surface area contributed by atoms with Gasteiger partial charge in [-0.25, -0.2) is 0 Å². The number of amides is 1. The molecule has 28 heavy (non-hydrogen) atoms. The number of ether oxygens (including phenoxy) is 3. The van der Waals surface area contributed by atoms with Crippen molar-refractivity contribution in [1.82, 2.24) is 4.90 Å². The molecule has 148 valence electrons. The summed E-state index contributed by atoms with van der Waals surface area (Å²) in [5.74, 6) is 1.60. The molecule has 2 aliphatic rings. The smallest absolute Gasteiger partial charge is 0.252 e. The molecular formula is C23H27NO4. The topological polar surface area (TPSA) is 48.0 Å². The molecule has 0 unspecified atom stereocenters. The maximum atomic E-state index is 13.2. The Bertz CT molecular complexity index is 802. The monoisotopic (exact) mass is 381 g/mol. The molecule has 1 amide bonds. The number of hydrogen-bond acceptors (Lipinski definition) is 4. The third-order valence-electron chi connectivity index (χ3n) is 5.50. The van der Waals surface area contributed by atoms with Gasteiger partial charge >= 0.3 is 0 Å². The predicted molar refractivity (Wildman–Crippen MR) is 106 cm³/mol. The Hall–Kier alpha value is -2.53. The van der Waals surface area contributed by atoms with Gasteiger partial charge in [-0.15, -0.1) is 0 Å². The predicted octanol–water partition coefficient (Wildman–Crippen LogP) is 3.94. The molecule has 2 aliphatic heterocycles. The van der Waals surface area contributed by atoms with Crippen LogP contribution in [0.2, 0.25) is 0 Å². The fraction of sp³-hybridized carbons (Fsp3) is 0.435. The summed E-state index contributed by atoms with van der Waals surface area (Å²) in [7, 11) is 0. The minimum atomic E-state index is -0.312. The SMILES string of the molecule is C[C@@H](CCc1ccccc1)N(Cc1ccc2c(c1)OCO2)C(=O)[C@@H]1CCCO1. The zero-order valence-corrected chi connectivity index (χ0v) is 16.3. The largest absolute Gasteiger partial charge is 0.454 e. The summed E-state index contributed by atoms with van der Waals surface area (Å²) in [5.41, 5.74) is 2.34. The van der Waals surface area contributed by atoms with Gasteiger partial charge in [0.15, 0.2) is 11.5 Å². The molecule has 4 rings (SSSR count). The average molecular weight is 381 g/mol. The van der Waals surface area contributed by atoms with Gasteiger partial charge < -0.3 is 19.1 Å². The number of carbonyl (C=O) groups excluding carboxylic acids is 1. The average Bonchev–Trinajstić information content (AvgIpc) is 3.42. The first kappa shape index (κ1) is 18.8. The van der Waals surface area contributed by atoms with E-state index >= 15 is 0 Å². The van der Waals surface area contributed by atoms with Gasteiger partial charge in [-0.1, -0.05) is 36.4 Å². The lowest BCUT2D eigenvalue weighted by atomic mass is 10.0. The van der Waals surface area contributed by atoms with E-state index in [-0.39, 0.29) is 24.8 Å². The van der Waals surface area contributed by atoms with Gasteiger partial charge in [-0.2, -0.15) is 0 Å². The van der Waals surface area contributed by atoms with E-state index in [4.69, 9.17) is 14.2 Å². The van der Waals surface area contributed by atoms with E-state index in [9.17, 15) is 4.79 Å². The molecule has 2 atom stereocenters. The number of hydrogen-bond donors (Lipinski definition) is 0. The molecule has 0 spiro atoms. The van der Waals surface area contributed by atoms with Crippen molar-refractivity contribution in [2.24, 2.45) is 0 Å². The molecule has 0 N–H and O–H groups in total. The van der Waals surface area contributed by atoms with Crippen molar-refractivity contribution in [3.63, 3.8) is 0 Å². The Kier molecular flexibility index (Phi) is 5.81. The molecule has 5 heteroatoms. The number of benzene rings is 2. The summed E-state index contributed by atoms with van der Waals surface area (Å²) < 4.78 is 16.6. The highest BCUT2D eigenvalue weighted by Crippen LogP contribution is 2.33. The molecule has 0 aliphatic carbocycles. The second kappa shape index (κ2) is 8.65. The first-order chi connectivity index (χ1) is 13.7. The van der Waals surface area contributed by atoms with Gasteiger partial charge in [0, 0.05) is 19.2 Å². The van der Waals surface area contributed by atoms with Crippen molar-refractivity contribution in [3.05, 3.63) is 59.7 Å². The van der Waals surface area contributed by atoms with Crippen molar-refractivity contribution in [2.45, 2.75) is 51.3 Å². The van der Waals surface area contributed by atoms with E-state index in [0.29, 0.717) is 13.2 Å². The fourth-order valence-corrected chi connectivity index (χ4v) is 3.82. The molecule has 0 saturated carbocycles. The second-order valence-corrected chi connectivity index (χ2v) is 7.53. The van der Waals surface area contributed by atoms with E-state index in [0.717, 1.165) is 42.7 Å². The normalized spacial score (nSPS) is 18.8. The molecule has 2 heterocycles. The van der Waals surface area contributed by atoms with Crippen LogP contribution >= 0.6 is 0 Å². The van der Waals surface area contributed by atoms with Crippen LogP contribution < -0.4 is 9.47 Å². The summed E-state index contributed by atoms with van der Waals surface area (Å²) >= 11 is 0. The van der Waals surface area contributed by atoms with E-state index < -0.39 is 0 Å². The second-order valence-electron chi connectivity index (χ2n) is 7.53. The third-order valence-corrected chi connectivity index (χ3v) is 5.50. The van der Waals surface area contributed by atoms with E-state index in [1.165, 1.54) is 5.56 Å². The lowest BCUT2D eigenvalue weighted by molar-refractivity contribution is -0.143. The van der Waals surface area contributed by atoms with Crippen molar-refractivity contribution in [1.29, 1.82) is 0 Å². The summed E-state index contributed by atoms with van der Waals surface area (Å²) in [6.07, 6.45) is 3.30. The van der Waals surface area contributed by atoms with E-state index in [1.807, 2.05) is 29.2 Å².